The standard InChI is InChI=1S/C42H69NO15/c1-23(2)19-32(47)56-40-27(6)53-34(22-42(40,8)50)57-37-26(5)54-41(36(49)35(37)43(9)10)58-38-29(17-18-44)20-24(3)30(46)16-14-12-13-15-25(4)52-33(48)21-31(39(38)51-11)55-28(7)45/h12-14,16,18,23-27,29-31,34-41,46,49-50H,15,17,19-22H2,1-11H3/t24-,25-,26-,27+,29+,30+,31-,34-,35-,36-,37+,38+,39-,40-,41+,42+/m1/s1. The predicted molar refractivity (Wildman–Crippen MR) is 210 cm³/mol. The van der Waals surface area contributed by atoms with Gasteiger partial charge in [-0.15, -0.1) is 0 Å². The molecule has 332 valence electrons. The Kier molecular flexibility index (Phi) is 19.4. The van der Waals surface area contributed by atoms with Gasteiger partial charge in [0.2, 0.25) is 0 Å². The number of aldehydes is 1. The van der Waals surface area contributed by atoms with Crippen LogP contribution >= 0.6 is 0 Å². The summed E-state index contributed by atoms with van der Waals surface area (Å²) in [5, 5.41) is 34.6. The highest BCUT2D eigenvalue weighted by Gasteiger charge is 2.53. The monoisotopic (exact) mass is 827 g/mol. The molecule has 3 heterocycles. The highest BCUT2D eigenvalue weighted by atomic mass is 16.7. The Bertz CT molecular complexity index is 1390. The van der Waals surface area contributed by atoms with Gasteiger partial charge >= 0.3 is 17.9 Å². The Balaban J connectivity index is 1.98. The van der Waals surface area contributed by atoms with Crippen molar-refractivity contribution in [3.63, 3.8) is 0 Å². The maximum Gasteiger partial charge on any atom is 0.309 e. The first-order valence-corrected chi connectivity index (χ1v) is 20.4. The van der Waals surface area contributed by atoms with Crippen LogP contribution in [-0.4, -0.2) is 151 Å². The average Bonchev–Trinajstić information content (AvgIpc) is 3.09. The third-order valence-electron chi connectivity index (χ3n) is 10.9. The number of ether oxygens (including phenoxy) is 8. The lowest BCUT2D eigenvalue weighted by Gasteiger charge is -2.50. The number of methoxy groups -OCH3 is 1. The van der Waals surface area contributed by atoms with E-state index in [1.54, 1.807) is 71.0 Å². The molecule has 2 fully saturated rings. The van der Waals surface area contributed by atoms with Crippen LogP contribution in [0.25, 0.3) is 0 Å². The van der Waals surface area contributed by atoms with E-state index in [0.717, 1.165) is 0 Å². The summed E-state index contributed by atoms with van der Waals surface area (Å²) in [6, 6.07) is -0.782. The quantitative estimate of drug-likeness (QED) is 0.147. The molecule has 16 heteroatoms. The van der Waals surface area contributed by atoms with Gasteiger partial charge in [-0.3, -0.25) is 14.4 Å². The first-order valence-electron chi connectivity index (χ1n) is 20.4. The van der Waals surface area contributed by atoms with Crippen molar-refractivity contribution < 1.29 is 72.4 Å². The molecule has 0 aliphatic carbocycles. The predicted octanol–water partition coefficient (Wildman–Crippen LogP) is 3.01. The SMILES string of the molecule is CO[C@H]1[C@@H](O[C@@H]2O[C@H](C)[C@H](O[C@@H]3C[C@](C)(O)[C@H](OC(=O)CC(C)C)[C@H](C)O3)[C@H](N(C)C)[C@H]2O)[C@@H](CC=O)C[C@@H](C)[C@@H](O)C=CC=CC[C@@H](C)OC(=O)C[C@H]1OC(C)=O. The van der Waals surface area contributed by atoms with E-state index < -0.39 is 121 Å². The molecule has 16 atom stereocenters. The Morgan fingerprint density at radius 1 is 1.02 bits per heavy atom. The van der Waals surface area contributed by atoms with E-state index >= 15 is 0 Å². The van der Waals surface area contributed by atoms with Crippen molar-refractivity contribution >= 4 is 24.2 Å². The van der Waals surface area contributed by atoms with Gasteiger partial charge in [0.25, 0.3) is 0 Å². The summed E-state index contributed by atoms with van der Waals surface area (Å²) in [6.07, 6.45) is -4.11. The second kappa shape index (κ2) is 22.7. The topological polar surface area (TPSA) is 206 Å². The molecule has 0 unspecified atom stereocenters. The minimum atomic E-state index is -1.50. The number of carbonyl (C=O) groups excluding carboxylic acids is 4. The Morgan fingerprint density at radius 3 is 2.29 bits per heavy atom. The highest BCUT2D eigenvalue weighted by Crippen LogP contribution is 2.38. The minimum absolute atomic E-state index is 0.0460. The summed E-state index contributed by atoms with van der Waals surface area (Å²) in [5.74, 6) is -2.82. The highest BCUT2D eigenvalue weighted by molar-refractivity contribution is 5.72. The van der Waals surface area contributed by atoms with Gasteiger partial charge in [-0.25, -0.2) is 0 Å². The molecule has 16 nitrogen and oxygen atoms in total. The number of rotatable bonds is 12. The number of hydrogen-bond acceptors (Lipinski definition) is 16. The molecule has 0 bridgehead atoms. The number of carbonyl (C=O) groups is 4. The zero-order valence-electron chi connectivity index (χ0n) is 36.1. The van der Waals surface area contributed by atoms with E-state index in [2.05, 4.69) is 0 Å². The van der Waals surface area contributed by atoms with Crippen LogP contribution in [0.4, 0.5) is 0 Å². The Morgan fingerprint density at radius 2 is 1.71 bits per heavy atom. The third kappa shape index (κ3) is 14.2. The van der Waals surface area contributed by atoms with Crippen LogP contribution in [0.2, 0.25) is 0 Å². The van der Waals surface area contributed by atoms with Crippen LogP contribution in [0, 0.1) is 17.8 Å². The lowest BCUT2D eigenvalue weighted by Crippen LogP contribution is -2.66. The molecular formula is C42H69NO15. The zero-order chi connectivity index (χ0) is 43.5. The molecule has 0 aromatic rings. The number of esters is 3. The first kappa shape index (κ1) is 49.6. The second-order valence-electron chi connectivity index (χ2n) is 17.0. The largest absolute Gasteiger partial charge is 0.462 e. The number of allylic oxidation sites excluding steroid dienone is 2. The maximum atomic E-state index is 13.2. The summed E-state index contributed by atoms with van der Waals surface area (Å²) >= 11 is 0. The van der Waals surface area contributed by atoms with Gasteiger partial charge in [-0.05, 0) is 66.0 Å². The lowest BCUT2D eigenvalue weighted by molar-refractivity contribution is -0.344. The van der Waals surface area contributed by atoms with Gasteiger partial charge in [-0.1, -0.05) is 45.1 Å². The van der Waals surface area contributed by atoms with Gasteiger partial charge in [0.05, 0.1) is 36.9 Å². The fourth-order valence-corrected chi connectivity index (χ4v) is 8.08. The summed E-state index contributed by atoms with van der Waals surface area (Å²) in [6.45, 7) is 13.5. The van der Waals surface area contributed by atoms with Crippen molar-refractivity contribution in [3.05, 3.63) is 24.3 Å². The van der Waals surface area contributed by atoms with E-state index in [-0.39, 0.29) is 31.6 Å². The number of cyclic esters (lactones) is 1. The van der Waals surface area contributed by atoms with Crippen molar-refractivity contribution in [3.8, 4) is 0 Å². The van der Waals surface area contributed by atoms with Crippen molar-refractivity contribution in [2.75, 3.05) is 21.2 Å². The third-order valence-corrected chi connectivity index (χ3v) is 10.9. The normalized spacial score (nSPS) is 39.6. The fourth-order valence-electron chi connectivity index (χ4n) is 8.08. The first-order chi connectivity index (χ1) is 27.2. The summed E-state index contributed by atoms with van der Waals surface area (Å²) in [4.78, 5) is 52.3. The maximum absolute atomic E-state index is 13.2. The molecule has 58 heavy (non-hydrogen) atoms. The summed E-state index contributed by atoms with van der Waals surface area (Å²) in [7, 11) is 4.86. The van der Waals surface area contributed by atoms with Crippen LogP contribution in [0.1, 0.15) is 93.9 Å². The number of nitrogens with zero attached hydrogens (tertiary/aromatic N) is 1. The van der Waals surface area contributed by atoms with Crippen molar-refractivity contribution in [2.24, 2.45) is 17.8 Å². The average molecular weight is 828 g/mol. The van der Waals surface area contributed by atoms with E-state index in [9.17, 15) is 34.5 Å². The van der Waals surface area contributed by atoms with Gasteiger partial charge in [0.15, 0.2) is 18.7 Å². The molecule has 0 aromatic carbocycles. The zero-order valence-corrected chi connectivity index (χ0v) is 36.1. The lowest BCUT2D eigenvalue weighted by atomic mass is 9.82. The van der Waals surface area contributed by atoms with Crippen molar-refractivity contribution in [1.82, 2.24) is 4.90 Å². The van der Waals surface area contributed by atoms with Crippen LogP contribution in [0.15, 0.2) is 24.3 Å². The van der Waals surface area contributed by atoms with E-state index in [1.165, 1.54) is 14.0 Å². The molecule has 0 saturated carbocycles. The molecule has 2 saturated heterocycles. The summed E-state index contributed by atoms with van der Waals surface area (Å²) < 4.78 is 48.6. The number of likely N-dealkylation sites (N-methyl/N-ethyl adjacent to an activating group) is 1. The number of aliphatic hydroxyl groups excluding tert-OH is 2. The molecule has 3 rings (SSSR count). The van der Waals surface area contributed by atoms with Crippen molar-refractivity contribution in [2.45, 2.75) is 179 Å². The van der Waals surface area contributed by atoms with Gasteiger partial charge in [0.1, 0.15) is 42.4 Å². The van der Waals surface area contributed by atoms with Crippen LogP contribution in [-0.2, 0) is 57.1 Å². The Labute approximate surface area is 343 Å². The van der Waals surface area contributed by atoms with E-state index in [4.69, 9.17) is 37.9 Å². The van der Waals surface area contributed by atoms with Crippen LogP contribution in [0.5, 0.6) is 0 Å². The van der Waals surface area contributed by atoms with E-state index in [1.807, 2.05) is 20.8 Å². The van der Waals surface area contributed by atoms with Gasteiger partial charge in [-0.2, -0.15) is 0 Å². The molecule has 3 aliphatic rings. The molecule has 3 N–H and O–H groups in total. The number of aliphatic hydroxyl groups is 3. The van der Waals surface area contributed by atoms with Crippen LogP contribution in [0.3, 0.4) is 0 Å². The smallest absolute Gasteiger partial charge is 0.309 e. The van der Waals surface area contributed by atoms with Gasteiger partial charge < -0.3 is 62.9 Å². The minimum Gasteiger partial charge on any atom is -0.462 e. The molecule has 0 aromatic heterocycles. The molecule has 0 radical (unpaired) electrons. The molecular weight excluding hydrogens is 758 g/mol. The van der Waals surface area contributed by atoms with Crippen molar-refractivity contribution in [1.29, 1.82) is 0 Å². The van der Waals surface area contributed by atoms with Crippen LogP contribution < -0.4 is 0 Å². The van der Waals surface area contributed by atoms with Gasteiger partial charge in [0, 0.05) is 39.7 Å². The molecule has 0 spiro atoms. The van der Waals surface area contributed by atoms with E-state index in [0.29, 0.717) is 12.7 Å². The number of hydrogen-bond donors (Lipinski definition) is 3. The Hall–Kier alpha value is -2.80. The molecule has 3 aliphatic heterocycles. The summed E-state index contributed by atoms with van der Waals surface area (Å²) in [5.41, 5.74) is -1.50. The fraction of sp³-hybridized carbons (Fsp3) is 0.810. The second-order valence-corrected chi connectivity index (χ2v) is 17.0. The molecule has 0 amide bonds.